The molecule has 2 aromatic carbocycles. The number of aromatic nitrogens is 2. The third-order valence-corrected chi connectivity index (χ3v) is 4.07. The molecular weight excluding hydrogens is 348 g/mol. The summed E-state index contributed by atoms with van der Waals surface area (Å²) in [4.78, 5) is 20.1. The number of hydrogen-bond donors (Lipinski definition) is 1. The molecule has 1 N–H and O–H groups in total. The number of ketones is 1. The van der Waals surface area contributed by atoms with E-state index in [-0.39, 0.29) is 11.6 Å². The molecule has 0 aliphatic carbocycles. The van der Waals surface area contributed by atoms with E-state index in [1.165, 1.54) is 14.2 Å². The van der Waals surface area contributed by atoms with E-state index in [0.717, 1.165) is 5.56 Å². The maximum absolute atomic E-state index is 12.8. The molecule has 0 atom stereocenters. The first-order chi connectivity index (χ1) is 13.1. The lowest BCUT2D eigenvalue weighted by Gasteiger charge is -2.07. The van der Waals surface area contributed by atoms with Crippen LogP contribution in [0.4, 0.5) is 0 Å². The van der Waals surface area contributed by atoms with E-state index in [9.17, 15) is 4.79 Å². The molecule has 27 heavy (non-hydrogen) atoms. The minimum absolute atomic E-state index is 0.210. The molecule has 0 bridgehead atoms. The van der Waals surface area contributed by atoms with Gasteiger partial charge in [0.25, 0.3) is 0 Å². The number of methoxy groups -OCH3 is 4. The topological polar surface area (TPSA) is 82.7 Å². The number of benzene rings is 2. The van der Waals surface area contributed by atoms with E-state index in [4.69, 9.17) is 18.9 Å². The van der Waals surface area contributed by atoms with Crippen molar-refractivity contribution in [2.75, 3.05) is 28.4 Å². The van der Waals surface area contributed by atoms with Crippen molar-refractivity contribution in [2.24, 2.45) is 0 Å². The number of imidazole rings is 1. The molecule has 7 nitrogen and oxygen atoms in total. The number of aromatic amines is 1. The molecule has 3 rings (SSSR count). The zero-order chi connectivity index (χ0) is 19.4. The summed E-state index contributed by atoms with van der Waals surface area (Å²) in [6, 6.07) is 10.4. The van der Waals surface area contributed by atoms with Gasteiger partial charge in [-0.15, -0.1) is 0 Å². The third-order valence-electron chi connectivity index (χ3n) is 4.07. The first-order valence-corrected chi connectivity index (χ1v) is 8.14. The van der Waals surface area contributed by atoms with E-state index in [0.29, 0.717) is 34.3 Å². The highest BCUT2D eigenvalue weighted by Crippen LogP contribution is 2.29. The highest BCUT2D eigenvalue weighted by Gasteiger charge is 2.17. The lowest BCUT2D eigenvalue weighted by Crippen LogP contribution is -2.04. The fourth-order valence-electron chi connectivity index (χ4n) is 2.62. The van der Waals surface area contributed by atoms with E-state index >= 15 is 0 Å². The van der Waals surface area contributed by atoms with Crippen LogP contribution in [0.1, 0.15) is 16.2 Å². The van der Waals surface area contributed by atoms with Gasteiger partial charge >= 0.3 is 0 Å². The van der Waals surface area contributed by atoms with Crippen LogP contribution >= 0.6 is 0 Å². The third kappa shape index (κ3) is 3.87. The first kappa shape index (κ1) is 18.3. The van der Waals surface area contributed by atoms with Crippen LogP contribution in [-0.4, -0.2) is 44.2 Å². The maximum atomic E-state index is 12.8. The van der Waals surface area contributed by atoms with Crippen LogP contribution in [0.25, 0.3) is 11.3 Å². The second-order valence-electron chi connectivity index (χ2n) is 5.68. The average molecular weight is 368 g/mol. The first-order valence-electron chi connectivity index (χ1n) is 8.14. The summed E-state index contributed by atoms with van der Waals surface area (Å²) in [6.45, 7) is 0. The molecule has 0 saturated carbocycles. The number of carbonyl (C=O) groups excluding carboxylic acids is 1. The van der Waals surface area contributed by atoms with Gasteiger partial charge in [0.1, 0.15) is 23.0 Å². The molecule has 0 unspecified atom stereocenters. The van der Waals surface area contributed by atoms with Crippen molar-refractivity contribution in [2.45, 2.75) is 0 Å². The Labute approximate surface area is 156 Å². The van der Waals surface area contributed by atoms with Crippen LogP contribution in [0.2, 0.25) is 0 Å². The lowest BCUT2D eigenvalue weighted by molar-refractivity contribution is 0.102. The molecule has 3 aromatic rings. The Balaban J connectivity index is 1.95. The molecule has 0 radical (unpaired) electrons. The summed E-state index contributed by atoms with van der Waals surface area (Å²) >= 11 is 0. The van der Waals surface area contributed by atoms with Gasteiger partial charge in [-0.1, -0.05) is 0 Å². The smallest absolute Gasteiger partial charge is 0.228 e. The number of hydrogen-bond acceptors (Lipinski definition) is 6. The van der Waals surface area contributed by atoms with E-state index < -0.39 is 0 Å². The molecule has 0 saturated heterocycles. The molecule has 0 aliphatic rings. The van der Waals surface area contributed by atoms with Crippen molar-refractivity contribution in [1.29, 1.82) is 0 Å². The molecule has 0 spiro atoms. The van der Waals surface area contributed by atoms with Gasteiger partial charge in [0.15, 0.2) is 5.82 Å². The summed E-state index contributed by atoms with van der Waals surface area (Å²) in [5.41, 5.74) is 1.88. The van der Waals surface area contributed by atoms with Crippen LogP contribution in [0.3, 0.4) is 0 Å². The number of ether oxygens (including phenoxy) is 4. The Morgan fingerprint density at radius 2 is 1.26 bits per heavy atom. The van der Waals surface area contributed by atoms with Crippen molar-refractivity contribution in [3.8, 4) is 34.3 Å². The second kappa shape index (κ2) is 7.82. The Bertz CT molecular complexity index is 920. The van der Waals surface area contributed by atoms with Crippen LogP contribution in [0.15, 0.2) is 42.6 Å². The van der Waals surface area contributed by atoms with Gasteiger partial charge in [0.2, 0.25) is 5.78 Å². The Kier molecular flexibility index (Phi) is 5.30. The molecule has 1 heterocycles. The lowest BCUT2D eigenvalue weighted by atomic mass is 10.1. The molecule has 1 aromatic heterocycles. The Morgan fingerprint density at radius 1 is 0.778 bits per heavy atom. The summed E-state index contributed by atoms with van der Waals surface area (Å²) in [7, 11) is 6.22. The standard InChI is InChI=1S/C20H20N2O5/c1-24-14-5-12(6-15(9-14)25-2)18-11-21-20(22-18)19(23)13-7-16(26-3)10-17(8-13)27-4/h5-11H,1-4H3,(H,21,22). The van der Waals surface area contributed by atoms with Gasteiger partial charge in [-0.05, 0) is 24.3 Å². The number of H-pyrrole nitrogens is 1. The average Bonchev–Trinajstić information content (AvgIpc) is 3.22. The maximum Gasteiger partial charge on any atom is 0.228 e. The Hall–Kier alpha value is -3.48. The summed E-state index contributed by atoms with van der Waals surface area (Å²) in [5.74, 6) is 2.29. The zero-order valence-corrected chi connectivity index (χ0v) is 15.5. The second-order valence-corrected chi connectivity index (χ2v) is 5.68. The SMILES string of the molecule is COc1cc(OC)cc(C(=O)c2ncc(-c3cc(OC)cc(OC)c3)[nH]2)c1. The minimum atomic E-state index is -0.270. The number of carbonyl (C=O) groups is 1. The van der Waals surface area contributed by atoms with Crippen LogP contribution < -0.4 is 18.9 Å². The number of rotatable bonds is 7. The normalized spacial score (nSPS) is 10.4. The van der Waals surface area contributed by atoms with Crippen molar-refractivity contribution in [3.63, 3.8) is 0 Å². The van der Waals surface area contributed by atoms with Gasteiger partial charge in [0.05, 0.1) is 40.3 Å². The molecule has 7 heteroatoms. The highest BCUT2D eigenvalue weighted by molar-refractivity contribution is 6.07. The molecule has 0 aliphatic heterocycles. The van der Waals surface area contributed by atoms with Gasteiger partial charge in [-0.2, -0.15) is 0 Å². The molecular formula is C20H20N2O5. The number of nitrogens with zero attached hydrogens (tertiary/aromatic N) is 1. The van der Waals surface area contributed by atoms with E-state index in [2.05, 4.69) is 9.97 Å². The van der Waals surface area contributed by atoms with Gasteiger partial charge < -0.3 is 23.9 Å². The predicted molar refractivity (Wildman–Crippen MR) is 100 cm³/mol. The van der Waals surface area contributed by atoms with Gasteiger partial charge in [-0.25, -0.2) is 4.98 Å². The van der Waals surface area contributed by atoms with Crippen LogP contribution in [0, 0.1) is 0 Å². The van der Waals surface area contributed by atoms with Crippen molar-refractivity contribution in [1.82, 2.24) is 9.97 Å². The molecule has 140 valence electrons. The van der Waals surface area contributed by atoms with Gasteiger partial charge in [0, 0.05) is 23.3 Å². The monoisotopic (exact) mass is 368 g/mol. The largest absolute Gasteiger partial charge is 0.497 e. The summed E-state index contributed by atoms with van der Waals surface area (Å²) < 4.78 is 21.0. The van der Waals surface area contributed by atoms with Crippen LogP contribution in [0.5, 0.6) is 23.0 Å². The summed E-state index contributed by atoms with van der Waals surface area (Å²) in [5, 5.41) is 0. The van der Waals surface area contributed by atoms with Crippen molar-refractivity contribution >= 4 is 5.78 Å². The Morgan fingerprint density at radius 3 is 1.74 bits per heavy atom. The highest BCUT2D eigenvalue weighted by atomic mass is 16.5. The van der Waals surface area contributed by atoms with Crippen molar-refractivity contribution < 1.29 is 23.7 Å². The van der Waals surface area contributed by atoms with E-state index in [1.54, 1.807) is 44.7 Å². The predicted octanol–water partition coefficient (Wildman–Crippen LogP) is 3.34. The van der Waals surface area contributed by atoms with E-state index in [1.807, 2.05) is 12.1 Å². The van der Waals surface area contributed by atoms with Crippen LogP contribution in [-0.2, 0) is 0 Å². The minimum Gasteiger partial charge on any atom is -0.497 e. The fourth-order valence-corrected chi connectivity index (χ4v) is 2.62. The quantitative estimate of drug-likeness (QED) is 0.644. The van der Waals surface area contributed by atoms with Gasteiger partial charge in [-0.3, -0.25) is 4.79 Å². The molecule has 0 fully saturated rings. The zero-order valence-electron chi connectivity index (χ0n) is 15.5. The molecule has 0 amide bonds. The number of nitrogens with one attached hydrogen (secondary N) is 1. The summed E-state index contributed by atoms with van der Waals surface area (Å²) in [6.07, 6.45) is 1.60. The fraction of sp³-hybridized carbons (Fsp3) is 0.200. The van der Waals surface area contributed by atoms with Crippen molar-refractivity contribution in [3.05, 3.63) is 54.0 Å².